The third-order valence-corrected chi connectivity index (χ3v) is 7.40. The Hall–Kier alpha value is -2.22. The van der Waals surface area contributed by atoms with Crippen molar-refractivity contribution in [3.63, 3.8) is 0 Å². The normalized spacial score (nSPS) is 30.5. The third-order valence-electron chi connectivity index (χ3n) is 5.47. The van der Waals surface area contributed by atoms with Crippen molar-refractivity contribution in [1.82, 2.24) is 24.6 Å². The van der Waals surface area contributed by atoms with Gasteiger partial charge in [-0.1, -0.05) is 0 Å². The number of imidazole rings is 1. The number of nitrogens with zero attached hydrogens (tertiary/aromatic N) is 4. The summed E-state index contributed by atoms with van der Waals surface area (Å²) >= 11 is 0. The summed E-state index contributed by atoms with van der Waals surface area (Å²) in [5, 5.41) is 2.59. The summed E-state index contributed by atoms with van der Waals surface area (Å²) in [5.41, 5.74) is 4.23. The molecule has 4 heterocycles. The summed E-state index contributed by atoms with van der Waals surface area (Å²) < 4.78 is 44.8. The zero-order valence-corrected chi connectivity index (χ0v) is 19.6. The molecule has 2 aromatic rings. The van der Waals surface area contributed by atoms with Gasteiger partial charge in [-0.25, -0.2) is 0 Å². The third kappa shape index (κ3) is 4.34. The molecule has 5 atom stereocenters. The van der Waals surface area contributed by atoms with Crippen molar-refractivity contribution >= 4 is 31.2 Å². The van der Waals surface area contributed by atoms with Crippen LogP contribution in [0.5, 0.6) is 5.88 Å². The number of rotatable bonds is 7. The van der Waals surface area contributed by atoms with Gasteiger partial charge in [-0.05, 0) is 0 Å². The Bertz CT molecular complexity index is 1040. The Morgan fingerprint density at radius 2 is 2.30 bits per heavy atom. The van der Waals surface area contributed by atoms with E-state index in [0.717, 1.165) is 6.42 Å². The molecule has 2 aromatic heterocycles. The molecule has 0 aliphatic carbocycles. The van der Waals surface area contributed by atoms with E-state index in [1.165, 1.54) is 31.9 Å². The van der Waals surface area contributed by atoms with Crippen LogP contribution in [-0.2, 0) is 23.3 Å². The topological polar surface area (TPSA) is 165 Å². The molecule has 2 aliphatic rings. The monoisotopic (exact) mass is 490 g/mol. The average molecular weight is 490 g/mol. The second-order valence-corrected chi connectivity index (χ2v) is 10.0. The molecule has 0 amide bonds. The van der Waals surface area contributed by atoms with Gasteiger partial charge in [0.25, 0.3) is 0 Å². The van der Waals surface area contributed by atoms with Gasteiger partial charge in [0, 0.05) is 0 Å². The number of alkyl halides is 1. The molecular weight excluding hydrogens is 462 g/mol. The molecule has 1 unspecified atom stereocenters. The summed E-state index contributed by atoms with van der Waals surface area (Å²) in [4.78, 5) is 35.0. The van der Waals surface area contributed by atoms with Crippen molar-refractivity contribution in [3.8, 4) is 5.88 Å². The standard InChI is InChI=1S/C18H28FN6O7P/c1-5-6-29-14-11-13(22-17(20)23-14)25(8-21-11)16-18(3,19)12-10(31-16)7-30-33(27,32-12)24-9(2)15(26)28-4/h8-10,12,16,24,27,33H,5-7H2,1-4H3,(H2,20,22,23)/t9?,10-,12-,16-,18-/m1/s1. The second-order valence-electron chi connectivity index (χ2n) is 8.06. The van der Waals surface area contributed by atoms with Crippen LogP contribution in [0.2, 0.25) is 0 Å². The average Bonchev–Trinajstić information content (AvgIpc) is 3.29. The molecule has 13 nitrogen and oxygen atoms in total. The maximum atomic E-state index is 16.1. The molecule has 4 N–H and O–H groups in total. The number of hydrogen-bond acceptors (Lipinski definition) is 12. The van der Waals surface area contributed by atoms with E-state index in [1.807, 2.05) is 6.92 Å². The molecule has 2 saturated heterocycles. The summed E-state index contributed by atoms with van der Waals surface area (Å²) in [5.74, 6) is -0.498. The number of anilines is 1. The van der Waals surface area contributed by atoms with Crippen LogP contribution in [0.1, 0.15) is 33.4 Å². The van der Waals surface area contributed by atoms with Gasteiger partial charge in [0.05, 0.1) is 0 Å². The predicted octanol–water partition coefficient (Wildman–Crippen LogP) is 0.792. The molecule has 0 radical (unpaired) electrons. The number of fused-ring (bicyclic) bond motifs is 2. The van der Waals surface area contributed by atoms with Gasteiger partial charge in [0.1, 0.15) is 0 Å². The Balaban J connectivity index is 1.61. The Kier molecular flexibility index (Phi) is 6.42. The molecule has 184 valence electrons. The molecule has 0 aromatic carbocycles. The van der Waals surface area contributed by atoms with Crippen LogP contribution in [0.15, 0.2) is 6.33 Å². The van der Waals surface area contributed by atoms with Gasteiger partial charge in [0.15, 0.2) is 0 Å². The van der Waals surface area contributed by atoms with Crippen LogP contribution in [-0.4, -0.2) is 74.6 Å². The molecule has 2 aliphatic heterocycles. The van der Waals surface area contributed by atoms with E-state index in [9.17, 15) is 9.69 Å². The van der Waals surface area contributed by atoms with Crippen LogP contribution in [0, 0.1) is 0 Å². The van der Waals surface area contributed by atoms with Crippen LogP contribution in [0.4, 0.5) is 10.3 Å². The van der Waals surface area contributed by atoms with E-state index in [4.69, 9.17) is 24.3 Å². The number of nitrogens with two attached hydrogens (primary N) is 1. The van der Waals surface area contributed by atoms with Gasteiger partial charge >= 0.3 is 189 Å². The number of ether oxygens (including phenoxy) is 3. The summed E-state index contributed by atoms with van der Waals surface area (Å²) in [6, 6.07) is -0.925. The van der Waals surface area contributed by atoms with Crippen LogP contribution < -0.4 is 15.6 Å². The maximum absolute atomic E-state index is 16.1. The SMILES string of the molecule is CCCOc1nc(N)nc2c1ncn2[C@@H]1O[C@@H]2CO[PH](O)(NC(C)C(=O)OC)O[C@H]2[C@@]1(C)F. The number of aromatic nitrogens is 4. The fourth-order valence-corrected chi connectivity index (χ4v) is 5.89. The molecule has 0 spiro atoms. The second kappa shape index (κ2) is 8.85. The Morgan fingerprint density at radius 1 is 1.55 bits per heavy atom. The van der Waals surface area contributed by atoms with E-state index in [1.54, 1.807) is 0 Å². The van der Waals surface area contributed by atoms with Crippen LogP contribution >= 0.6 is 8.09 Å². The number of esters is 1. The first kappa shape index (κ1) is 23.9. The van der Waals surface area contributed by atoms with Crippen molar-refractivity contribution in [3.05, 3.63) is 6.33 Å². The number of carbonyl (C=O) groups is 1. The quantitative estimate of drug-likeness (QED) is 0.370. The number of halogens is 1. The van der Waals surface area contributed by atoms with E-state index in [0.29, 0.717) is 12.1 Å². The number of nitrogen functional groups attached to an aromatic ring is 1. The van der Waals surface area contributed by atoms with E-state index >= 15 is 4.39 Å². The predicted molar refractivity (Wildman–Crippen MR) is 115 cm³/mol. The fraction of sp³-hybridized carbons (Fsp3) is 0.667. The first-order valence-electron chi connectivity index (χ1n) is 10.5. The van der Waals surface area contributed by atoms with Crippen molar-refractivity contribution in [2.45, 2.75) is 57.3 Å². The fourth-order valence-electron chi connectivity index (χ4n) is 3.89. The van der Waals surface area contributed by atoms with Crippen molar-refractivity contribution in [2.75, 3.05) is 26.1 Å². The Labute approximate surface area is 189 Å². The zero-order chi connectivity index (χ0) is 24.0. The van der Waals surface area contributed by atoms with Crippen LogP contribution in [0.25, 0.3) is 11.2 Å². The van der Waals surface area contributed by atoms with E-state index in [-0.39, 0.29) is 24.1 Å². The number of methoxy groups -OCH3 is 1. The van der Waals surface area contributed by atoms with Gasteiger partial charge < -0.3 is 0 Å². The van der Waals surface area contributed by atoms with Crippen molar-refractivity contribution in [2.24, 2.45) is 0 Å². The molecule has 15 heteroatoms. The summed E-state index contributed by atoms with van der Waals surface area (Å²) in [7, 11) is -2.90. The van der Waals surface area contributed by atoms with Gasteiger partial charge in [-0.3, -0.25) is 0 Å². The minimum absolute atomic E-state index is 0.0614. The molecule has 0 saturated carbocycles. The van der Waals surface area contributed by atoms with Gasteiger partial charge in [-0.15, -0.1) is 0 Å². The van der Waals surface area contributed by atoms with E-state index < -0.39 is 44.2 Å². The number of nitrogens with one attached hydrogen (secondary N) is 1. The van der Waals surface area contributed by atoms with Gasteiger partial charge in [-0.2, -0.15) is 0 Å². The zero-order valence-electron chi connectivity index (χ0n) is 18.6. The van der Waals surface area contributed by atoms with Crippen molar-refractivity contribution < 1.29 is 37.3 Å². The molecule has 0 bridgehead atoms. The first-order valence-corrected chi connectivity index (χ1v) is 12.2. The number of hydrogen-bond donors (Lipinski definition) is 3. The summed E-state index contributed by atoms with van der Waals surface area (Å²) in [6.45, 7) is 4.94. The minimum atomic E-state index is -4.12. The molecule has 2 fully saturated rings. The summed E-state index contributed by atoms with van der Waals surface area (Å²) in [6.07, 6.45) is -1.14. The Morgan fingerprint density at radius 3 is 3.00 bits per heavy atom. The van der Waals surface area contributed by atoms with Crippen LogP contribution in [0.3, 0.4) is 0 Å². The molecular formula is C18H28FN6O7P. The van der Waals surface area contributed by atoms with Crippen molar-refractivity contribution in [1.29, 1.82) is 0 Å². The van der Waals surface area contributed by atoms with E-state index in [2.05, 4.69) is 24.8 Å². The van der Waals surface area contributed by atoms with Gasteiger partial charge in [0.2, 0.25) is 0 Å². The molecule has 4 rings (SSSR count). The number of carbonyl (C=O) groups excluding carboxylic acids is 1. The molecule has 33 heavy (non-hydrogen) atoms. The first-order chi connectivity index (χ1) is 15.6.